The molecule has 0 amide bonds. The highest BCUT2D eigenvalue weighted by atomic mass is 79.9. The van der Waals surface area contributed by atoms with E-state index in [9.17, 15) is 9.90 Å². The molecule has 110 valence electrons. The summed E-state index contributed by atoms with van der Waals surface area (Å²) in [5.74, 6) is -0.942. The summed E-state index contributed by atoms with van der Waals surface area (Å²) in [6.07, 6.45) is 0. The molecule has 0 aliphatic rings. The Kier molecular flexibility index (Phi) is 5.30. The molecule has 1 unspecified atom stereocenters. The van der Waals surface area contributed by atoms with Crippen LogP contribution < -0.4 is 5.32 Å². The zero-order chi connectivity index (χ0) is 15.6. The first-order valence-corrected chi connectivity index (χ1v) is 8.05. The van der Waals surface area contributed by atoms with Crippen molar-refractivity contribution in [1.82, 2.24) is 0 Å². The minimum absolute atomic E-state index is 0.576. The van der Waals surface area contributed by atoms with Gasteiger partial charge in [-0.05, 0) is 58.2 Å². The normalized spacial score (nSPS) is 12.0. The Morgan fingerprint density at radius 2 is 1.90 bits per heavy atom. The van der Waals surface area contributed by atoms with Gasteiger partial charge in [0, 0.05) is 14.6 Å². The molecule has 2 aromatic carbocycles. The smallest absolute Gasteiger partial charge is 0.330 e. The van der Waals surface area contributed by atoms with Crippen LogP contribution in [0.5, 0.6) is 0 Å². The molecule has 3 nitrogen and oxygen atoms in total. The van der Waals surface area contributed by atoms with Crippen LogP contribution in [0.1, 0.15) is 17.2 Å². The molecule has 2 aromatic rings. The van der Waals surface area contributed by atoms with E-state index in [-0.39, 0.29) is 0 Å². The Morgan fingerprint density at radius 1 is 1.19 bits per heavy atom. The number of benzene rings is 2. The number of nitrogens with one attached hydrogen (secondary N) is 1. The van der Waals surface area contributed by atoms with E-state index in [1.807, 2.05) is 19.1 Å². The first-order valence-electron chi connectivity index (χ1n) is 6.09. The van der Waals surface area contributed by atoms with Crippen molar-refractivity contribution in [3.8, 4) is 0 Å². The highest BCUT2D eigenvalue weighted by Gasteiger charge is 2.20. The van der Waals surface area contributed by atoms with Crippen LogP contribution in [0.2, 0.25) is 5.02 Å². The highest BCUT2D eigenvalue weighted by molar-refractivity contribution is 9.10. The van der Waals surface area contributed by atoms with Crippen molar-refractivity contribution in [2.45, 2.75) is 13.0 Å². The van der Waals surface area contributed by atoms with E-state index >= 15 is 0 Å². The Labute approximate surface area is 144 Å². The third kappa shape index (κ3) is 3.99. The van der Waals surface area contributed by atoms with E-state index in [1.165, 1.54) is 0 Å². The van der Waals surface area contributed by atoms with Crippen molar-refractivity contribution in [2.75, 3.05) is 5.32 Å². The summed E-state index contributed by atoms with van der Waals surface area (Å²) >= 11 is 12.7. The fourth-order valence-electron chi connectivity index (χ4n) is 1.89. The van der Waals surface area contributed by atoms with Crippen LogP contribution in [0.3, 0.4) is 0 Å². The van der Waals surface area contributed by atoms with E-state index in [0.29, 0.717) is 20.7 Å². The molecule has 0 aliphatic carbocycles. The molecule has 6 heteroatoms. The maximum Gasteiger partial charge on any atom is 0.330 e. The molecule has 0 saturated carbocycles. The maximum atomic E-state index is 11.5. The minimum atomic E-state index is -0.942. The van der Waals surface area contributed by atoms with Gasteiger partial charge in [-0.1, -0.05) is 39.7 Å². The first-order chi connectivity index (χ1) is 9.88. The molecular formula is C15H12Br2ClNO2. The van der Waals surface area contributed by atoms with Crippen LogP contribution in [-0.2, 0) is 4.79 Å². The number of aliphatic carboxylic acids is 1. The molecule has 0 radical (unpaired) electrons. The zero-order valence-corrected chi connectivity index (χ0v) is 15.0. The van der Waals surface area contributed by atoms with Crippen LogP contribution >= 0.6 is 43.5 Å². The monoisotopic (exact) mass is 431 g/mol. The largest absolute Gasteiger partial charge is 0.479 e. The van der Waals surface area contributed by atoms with Crippen molar-refractivity contribution in [2.24, 2.45) is 0 Å². The number of hydrogen-bond donors (Lipinski definition) is 2. The van der Waals surface area contributed by atoms with Crippen LogP contribution in [0, 0.1) is 6.92 Å². The van der Waals surface area contributed by atoms with Crippen molar-refractivity contribution < 1.29 is 9.90 Å². The predicted molar refractivity (Wildman–Crippen MR) is 92.0 cm³/mol. The summed E-state index contributed by atoms with van der Waals surface area (Å²) in [6, 6.07) is 9.86. The summed E-state index contributed by atoms with van der Waals surface area (Å²) in [7, 11) is 0. The van der Waals surface area contributed by atoms with Gasteiger partial charge in [0.25, 0.3) is 0 Å². The Hall–Kier alpha value is -1.04. The second kappa shape index (κ2) is 6.81. The number of hydrogen-bond acceptors (Lipinski definition) is 2. The lowest BCUT2D eigenvalue weighted by Crippen LogP contribution is -2.20. The average molecular weight is 434 g/mol. The SMILES string of the molecule is Cc1cc(C(Nc2ccc(Cl)c(Br)c2)C(=O)O)ccc1Br. The van der Waals surface area contributed by atoms with Crippen molar-refractivity contribution in [3.63, 3.8) is 0 Å². The summed E-state index contributed by atoms with van der Waals surface area (Å²) in [6.45, 7) is 1.92. The lowest BCUT2D eigenvalue weighted by Gasteiger charge is -2.17. The summed E-state index contributed by atoms with van der Waals surface area (Å²) in [4.78, 5) is 11.5. The molecule has 0 heterocycles. The average Bonchev–Trinajstić information content (AvgIpc) is 2.43. The van der Waals surface area contributed by atoms with Gasteiger partial charge >= 0.3 is 5.97 Å². The second-order valence-electron chi connectivity index (χ2n) is 4.55. The predicted octanol–water partition coefficient (Wildman–Crippen LogP) is 5.41. The van der Waals surface area contributed by atoms with E-state index in [0.717, 1.165) is 10.0 Å². The third-order valence-electron chi connectivity index (χ3n) is 2.99. The van der Waals surface area contributed by atoms with Gasteiger partial charge in [-0.15, -0.1) is 0 Å². The van der Waals surface area contributed by atoms with E-state index < -0.39 is 12.0 Å². The van der Waals surface area contributed by atoms with Crippen LogP contribution in [0.25, 0.3) is 0 Å². The number of carbonyl (C=O) groups is 1. The molecule has 2 N–H and O–H groups in total. The number of anilines is 1. The molecule has 21 heavy (non-hydrogen) atoms. The molecule has 0 aromatic heterocycles. The van der Waals surface area contributed by atoms with Gasteiger partial charge in [-0.25, -0.2) is 4.79 Å². The van der Waals surface area contributed by atoms with Gasteiger partial charge in [-0.2, -0.15) is 0 Å². The molecule has 2 rings (SSSR count). The molecule has 0 saturated heterocycles. The number of halogens is 3. The lowest BCUT2D eigenvalue weighted by molar-refractivity contribution is -0.138. The quantitative estimate of drug-likeness (QED) is 0.678. The molecule has 0 aliphatic heterocycles. The number of aryl methyl sites for hydroxylation is 1. The molecule has 0 fully saturated rings. The van der Waals surface area contributed by atoms with Crippen LogP contribution in [0.4, 0.5) is 5.69 Å². The van der Waals surface area contributed by atoms with Crippen LogP contribution in [-0.4, -0.2) is 11.1 Å². The Morgan fingerprint density at radius 3 is 2.48 bits per heavy atom. The standard InChI is InChI=1S/C15H12Br2ClNO2/c1-8-6-9(2-4-11(8)16)14(15(20)21)19-10-3-5-13(18)12(17)7-10/h2-7,14,19H,1H3,(H,20,21). The fourth-order valence-corrected chi connectivity index (χ4v) is 2.63. The van der Waals surface area contributed by atoms with Crippen molar-refractivity contribution in [3.05, 3.63) is 61.5 Å². The maximum absolute atomic E-state index is 11.5. The fraction of sp³-hybridized carbons (Fsp3) is 0.133. The Bertz CT molecular complexity index is 691. The van der Waals surface area contributed by atoms with Gasteiger partial charge in [-0.3, -0.25) is 0 Å². The number of carboxylic acids is 1. The van der Waals surface area contributed by atoms with E-state index in [2.05, 4.69) is 37.2 Å². The zero-order valence-electron chi connectivity index (χ0n) is 11.0. The van der Waals surface area contributed by atoms with Gasteiger partial charge in [0.05, 0.1) is 5.02 Å². The second-order valence-corrected chi connectivity index (χ2v) is 6.67. The first kappa shape index (κ1) is 16.3. The van der Waals surface area contributed by atoms with E-state index in [1.54, 1.807) is 24.3 Å². The Balaban J connectivity index is 2.32. The molecular weight excluding hydrogens is 421 g/mol. The van der Waals surface area contributed by atoms with Crippen molar-refractivity contribution in [1.29, 1.82) is 0 Å². The number of rotatable bonds is 4. The minimum Gasteiger partial charge on any atom is -0.479 e. The van der Waals surface area contributed by atoms with Gasteiger partial charge in [0.15, 0.2) is 6.04 Å². The molecule has 0 bridgehead atoms. The van der Waals surface area contributed by atoms with Crippen LogP contribution in [0.15, 0.2) is 45.3 Å². The summed E-state index contributed by atoms with van der Waals surface area (Å²) < 4.78 is 1.66. The topological polar surface area (TPSA) is 49.3 Å². The molecule has 0 spiro atoms. The van der Waals surface area contributed by atoms with Gasteiger partial charge in [0.2, 0.25) is 0 Å². The molecule has 1 atom stereocenters. The number of carboxylic acid groups (broad SMARTS) is 1. The lowest BCUT2D eigenvalue weighted by atomic mass is 10.0. The van der Waals surface area contributed by atoms with Gasteiger partial charge in [0.1, 0.15) is 0 Å². The highest BCUT2D eigenvalue weighted by Crippen LogP contribution is 2.29. The van der Waals surface area contributed by atoms with E-state index in [4.69, 9.17) is 11.6 Å². The summed E-state index contributed by atoms with van der Waals surface area (Å²) in [5, 5.41) is 13.0. The van der Waals surface area contributed by atoms with Gasteiger partial charge < -0.3 is 10.4 Å². The van der Waals surface area contributed by atoms with Crippen molar-refractivity contribution >= 4 is 55.1 Å². The summed E-state index contributed by atoms with van der Waals surface area (Å²) in [5.41, 5.74) is 2.35. The third-order valence-corrected chi connectivity index (χ3v) is 5.10.